The van der Waals surface area contributed by atoms with E-state index in [1.54, 1.807) is 28.9 Å². The largest absolute Gasteiger partial charge is 0.496 e. The number of methoxy groups -OCH3 is 1. The van der Waals surface area contributed by atoms with Crippen LogP contribution in [-0.4, -0.2) is 46.7 Å². The number of halogens is 2. The Kier molecular flexibility index (Phi) is 9.24. The maximum atomic E-state index is 14.0. The number of nitrogens with zero attached hydrogens (tertiary/aromatic N) is 2. The second kappa shape index (κ2) is 13.0. The number of benzene rings is 2. The summed E-state index contributed by atoms with van der Waals surface area (Å²) in [6.07, 6.45) is 3.71. The Bertz CT molecular complexity index is 1570. The third-order valence-corrected chi connectivity index (χ3v) is 6.46. The number of hydrogen-bond donors (Lipinski definition) is 3. The molecule has 14 heteroatoms. The first-order chi connectivity index (χ1) is 19.6. The third-order valence-electron chi connectivity index (χ3n) is 5.69. The van der Waals surface area contributed by atoms with E-state index in [1.807, 2.05) is 5.38 Å². The van der Waals surface area contributed by atoms with E-state index >= 15 is 0 Å². The van der Waals surface area contributed by atoms with E-state index in [-0.39, 0.29) is 42.8 Å². The summed E-state index contributed by atoms with van der Waals surface area (Å²) in [6, 6.07) is 6.54. The molecule has 0 spiro atoms. The molecule has 2 aromatic carbocycles. The van der Waals surface area contributed by atoms with Crippen molar-refractivity contribution in [1.82, 2.24) is 20.0 Å². The van der Waals surface area contributed by atoms with Gasteiger partial charge in [0.2, 0.25) is 11.7 Å². The average molecular weight is 586 g/mol. The van der Waals surface area contributed by atoms with Gasteiger partial charge in [0.15, 0.2) is 16.6 Å². The van der Waals surface area contributed by atoms with Gasteiger partial charge in [-0.3, -0.25) is 23.6 Å². The van der Waals surface area contributed by atoms with Gasteiger partial charge in [0.1, 0.15) is 11.4 Å². The first-order valence-electron chi connectivity index (χ1n) is 12.3. The number of thiazole rings is 1. The number of imidazole rings is 1. The molecule has 0 radical (unpaired) electrons. The highest BCUT2D eigenvalue weighted by atomic mass is 32.1. The fraction of sp³-hybridized carbons (Fsp3) is 0.222. The molecule has 2 heterocycles. The number of nitrogens with one attached hydrogen (secondary N) is 3. The zero-order valence-electron chi connectivity index (χ0n) is 22.0. The van der Waals surface area contributed by atoms with Crippen molar-refractivity contribution >= 4 is 45.7 Å². The number of carbonyl (C=O) groups is 4. The number of aromatic nitrogens is 2. The SMILES string of the molecule is COc1ccc(NC(=O)c2cn3ccsc3n2)cc1C(=O)NCCCC(=O)NCc1cc(F)c(OC(C)=O)c(F)c1. The highest BCUT2D eigenvalue weighted by Crippen LogP contribution is 2.24. The first-order valence-corrected chi connectivity index (χ1v) is 13.2. The van der Waals surface area contributed by atoms with E-state index in [9.17, 15) is 28.0 Å². The first kappa shape index (κ1) is 29.1. The molecule has 4 rings (SSSR count). The van der Waals surface area contributed by atoms with Gasteiger partial charge in [0.05, 0.1) is 12.7 Å². The van der Waals surface area contributed by atoms with Crippen molar-refractivity contribution in [2.75, 3.05) is 19.0 Å². The van der Waals surface area contributed by atoms with Crippen LogP contribution in [0.3, 0.4) is 0 Å². The lowest BCUT2D eigenvalue weighted by molar-refractivity contribution is -0.132. The van der Waals surface area contributed by atoms with Gasteiger partial charge in [-0.2, -0.15) is 0 Å². The van der Waals surface area contributed by atoms with E-state index in [0.717, 1.165) is 19.1 Å². The molecule has 214 valence electrons. The number of hydrogen-bond acceptors (Lipinski definition) is 8. The van der Waals surface area contributed by atoms with Crippen molar-refractivity contribution in [1.29, 1.82) is 0 Å². The Morgan fingerprint density at radius 3 is 2.49 bits per heavy atom. The predicted molar refractivity (Wildman–Crippen MR) is 145 cm³/mol. The molecule has 0 atom stereocenters. The minimum absolute atomic E-state index is 0.0338. The minimum Gasteiger partial charge on any atom is -0.496 e. The molecule has 0 saturated heterocycles. The van der Waals surface area contributed by atoms with Gasteiger partial charge in [-0.1, -0.05) is 0 Å². The minimum atomic E-state index is -1.06. The van der Waals surface area contributed by atoms with E-state index in [2.05, 4.69) is 25.7 Å². The van der Waals surface area contributed by atoms with Crippen molar-refractivity contribution in [3.63, 3.8) is 0 Å². The molecular formula is C27H25F2N5O6S. The summed E-state index contributed by atoms with van der Waals surface area (Å²) in [5.74, 6) is -4.80. The van der Waals surface area contributed by atoms with Crippen LogP contribution in [0.2, 0.25) is 0 Å². The highest BCUT2D eigenvalue weighted by molar-refractivity contribution is 7.15. The van der Waals surface area contributed by atoms with Crippen LogP contribution in [-0.2, 0) is 16.1 Å². The molecule has 0 aliphatic rings. The second-order valence-corrected chi connectivity index (χ2v) is 9.58. The molecule has 0 saturated carbocycles. The third kappa shape index (κ3) is 7.42. The zero-order valence-corrected chi connectivity index (χ0v) is 22.8. The molecule has 3 N–H and O–H groups in total. The monoisotopic (exact) mass is 585 g/mol. The van der Waals surface area contributed by atoms with Gasteiger partial charge in [-0.05, 0) is 42.3 Å². The summed E-state index contributed by atoms with van der Waals surface area (Å²) in [4.78, 5) is 53.5. The molecule has 0 unspecified atom stereocenters. The van der Waals surface area contributed by atoms with E-state index < -0.39 is 41.1 Å². The molecule has 3 amide bonds. The number of anilines is 1. The van der Waals surface area contributed by atoms with Crippen LogP contribution >= 0.6 is 11.3 Å². The topological polar surface area (TPSA) is 140 Å². The van der Waals surface area contributed by atoms with E-state index in [4.69, 9.17) is 4.74 Å². The summed E-state index contributed by atoms with van der Waals surface area (Å²) in [5.41, 5.74) is 0.919. The fourth-order valence-electron chi connectivity index (χ4n) is 3.79. The van der Waals surface area contributed by atoms with Gasteiger partial charge in [-0.15, -0.1) is 11.3 Å². The summed E-state index contributed by atoms with van der Waals surface area (Å²) >= 11 is 1.40. The van der Waals surface area contributed by atoms with E-state index in [1.165, 1.54) is 24.5 Å². The predicted octanol–water partition coefficient (Wildman–Crippen LogP) is 3.69. The van der Waals surface area contributed by atoms with Crippen LogP contribution in [0.25, 0.3) is 4.96 Å². The zero-order chi connectivity index (χ0) is 29.5. The van der Waals surface area contributed by atoms with Gasteiger partial charge < -0.3 is 25.4 Å². The Labute approximate surface area is 236 Å². The van der Waals surface area contributed by atoms with Gasteiger partial charge in [-0.25, -0.2) is 13.8 Å². The Morgan fingerprint density at radius 2 is 1.80 bits per heavy atom. The number of carbonyl (C=O) groups excluding carboxylic acids is 4. The number of amides is 3. The van der Waals surface area contributed by atoms with Crippen LogP contribution < -0.4 is 25.4 Å². The standard InChI is InChI=1S/C27H25F2N5O6S/c1-15(35)40-24-19(28)10-16(11-20(24)29)13-31-23(36)4-3-7-30-25(37)18-12-17(5-6-22(18)39-2)32-26(38)21-14-34-8-9-41-27(34)33-21/h5-6,8-12,14H,3-4,7,13H2,1-2H3,(H,30,37)(H,31,36)(H,32,38). The summed E-state index contributed by atoms with van der Waals surface area (Å²) in [6.45, 7) is 1.03. The van der Waals surface area contributed by atoms with Gasteiger partial charge in [0.25, 0.3) is 11.8 Å². The molecule has 11 nitrogen and oxygen atoms in total. The number of fused-ring (bicyclic) bond motifs is 1. The lowest BCUT2D eigenvalue weighted by Gasteiger charge is -2.12. The molecular weight excluding hydrogens is 560 g/mol. The molecule has 2 aromatic heterocycles. The smallest absolute Gasteiger partial charge is 0.308 e. The summed E-state index contributed by atoms with van der Waals surface area (Å²) in [7, 11) is 1.41. The quantitative estimate of drug-likeness (QED) is 0.139. The molecule has 41 heavy (non-hydrogen) atoms. The fourth-order valence-corrected chi connectivity index (χ4v) is 4.49. The van der Waals surface area contributed by atoms with Crippen LogP contribution in [0, 0.1) is 11.6 Å². The maximum absolute atomic E-state index is 14.0. The van der Waals surface area contributed by atoms with Gasteiger partial charge >= 0.3 is 5.97 Å². The number of rotatable bonds is 11. The Balaban J connectivity index is 1.26. The van der Waals surface area contributed by atoms with Crippen molar-refractivity contribution in [2.45, 2.75) is 26.3 Å². The average Bonchev–Trinajstić information content (AvgIpc) is 3.55. The summed E-state index contributed by atoms with van der Waals surface area (Å²) in [5, 5.41) is 9.81. The van der Waals surface area contributed by atoms with Gasteiger partial charge in [0, 0.05) is 49.9 Å². The van der Waals surface area contributed by atoms with Crippen LogP contribution in [0.5, 0.6) is 11.5 Å². The molecule has 0 bridgehead atoms. The molecule has 0 aliphatic carbocycles. The lowest BCUT2D eigenvalue weighted by atomic mass is 10.1. The molecule has 0 aliphatic heterocycles. The van der Waals surface area contributed by atoms with Crippen molar-refractivity contribution in [3.8, 4) is 11.5 Å². The van der Waals surface area contributed by atoms with Crippen LogP contribution in [0.1, 0.15) is 46.2 Å². The van der Waals surface area contributed by atoms with Crippen LogP contribution in [0.4, 0.5) is 14.5 Å². The normalized spacial score (nSPS) is 10.7. The summed E-state index contributed by atoms with van der Waals surface area (Å²) < 4.78 is 39.5. The lowest BCUT2D eigenvalue weighted by Crippen LogP contribution is -2.27. The van der Waals surface area contributed by atoms with Crippen LogP contribution in [0.15, 0.2) is 48.1 Å². The maximum Gasteiger partial charge on any atom is 0.308 e. The number of ether oxygens (including phenoxy) is 2. The molecule has 4 aromatic rings. The number of esters is 1. The highest BCUT2D eigenvalue weighted by Gasteiger charge is 2.17. The Hall–Kier alpha value is -4.85. The molecule has 0 fully saturated rings. The van der Waals surface area contributed by atoms with Crippen molar-refractivity contribution < 1.29 is 37.4 Å². The van der Waals surface area contributed by atoms with E-state index in [0.29, 0.717) is 16.4 Å². The Morgan fingerprint density at radius 1 is 1.05 bits per heavy atom. The second-order valence-electron chi connectivity index (χ2n) is 8.71. The van der Waals surface area contributed by atoms with Crippen molar-refractivity contribution in [2.24, 2.45) is 0 Å². The van der Waals surface area contributed by atoms with Crippen molar-refractivity contribution in [3.05, 3.63) is 76.6 Å².